The van der Waals surface area contributed by atoms with Gasteiger partial charge in [-0.3, -0.25) is 4.90 Å². The van der Waals surface area contributed by atoms with Gasteiger partial charge in [-0.1, -0.05) is 0 Å². The molecule has 2 saturated heterocycles. The molecule has 0 aromatic rings. The van der Waals surface area contributed by atoms with E-state index in [1.54, 1.807) is 4.31 Å². The molecule has 3 fully saturated rings. The summed E-state index contributed by atoms with van der Waals surface area (Å²) in [7, 11) is -3.00. The Hall–Kier alpha value is -0.130. The minimum absolute atomic E-state index is 0.322. The van der Waals surface area contributed by atoms with E-state index in [0.29, 0.717) is 29.7 Å². The molecule has 1 radical (unpaired) electrons. The Bertz CT molecular complexity index is 417. The van der Waals surface area contributed by atoms with Crippen molar-refractivity contribution in [2.75, 3.05) is 25.4 Å². The van der Waals surface area contributed by atoms with Crippen molar-refractivity contribution in [3.63, 3.8) is 0 Å². The standard InChI is InChI=1S/C14H25N2O2S/c1-11-4-5-12(2)16(11)6-3-7-19(17,18)15-9-13-8-14(13)10-15/h8,11-14H,3-7,9-10H2,1-2H3/t11?,12?,13-,14+. The molecule has 2 unspecified atom stereocenters. The van der Waals surface area contributed by atoms with Gasteiger partial charge in [-0.2, -0.15) is 0 Å². The minimum Gasteiger partial charge on any atom is -0.298 e. The third-order valence-corrected chi connectivity index (χ3v) is 6.97. The van der Waals surface area contributed by atoms with Gasteiger partial charge in [0.1, 0.15) is 0 Å². The predicted molar refractivity (Wildman–Crippen MR) is 76.1 cm³/mol. The Morgan fingerprint density at radius 3 is 2.26 bits per heavy atom. The molecule has 0 bridgehead atoms. The van der Waals surface area contributed by atoms with Gasteiger partial charge in [0, 0.05) is 25.2 Å². The van der Waals surface area contributed by atoms with Crippen molar-refractivity contribution < 1.29 is 8.42 Å². The first-order chi connectivity index (χ1) is 8.97. The van der Waals surface area contributed by atoms with Crippen molar-refractivity contribution in [3.8, 4) is 0 Å². The molecule has 0 spiro atoms. The molecular formula is C14H25N2O2S. The summed E-state index contributed by atoms with van der Waals surface area (Å²) in [5.41, 5.74) is 0. The Kier molecular flexibility index (Phi) is 3.65. The molecule has 4 atom stereocenters. The van der Waals surface area contributed by atoms with Crippen molar-refractivity contribution in [3.05, 3.63) is 6.42 Å². The third-order valence-electron chi connectivity index (χ3n) is 5.08. The SMILES string of the molecule is CC1CCC(C)N1CCCS(=O)(=O)N1C[C@H]2[CH][C@H]2C1. The van der Waals surface area contributed by atoms with E-state index in [4.69, 9.17) is 0 Å². The molecule has 0 N–H and O–H groups in total. The lowest BCUT2D eigenvalue weighted by molar-refractivity contribution is 0.214. The van der Waals surface area contributed by atoms with E-state index in [1.807, 2.05) is 0 Å². The zero-order valence-electron chi connectivity index (χ0n) is 12.0. The van der Waals surface area contributed by atoms with Crippen molar-refractivity contribution >= 4 is 10.0 Å². The molecule has 0 amide bonds. The van der Waals surface area contributed by atoms with Crippen molar-refractivity contribution in [1.82, 2.24) is 9.21 Å². The van der Waals surface area contributed by atoms with Crippen LogP contribution in [-0.2, 0) is 10.0 Å². The quantitative estimate of drug-likeness (QED) is 0.765. The molecule has 1 aliphatic carbocycles. The second kappa shape index (κ2) is 5.01. The van der Waals surface area contributed by atoms with Crippen LogP contribution in [0.3, 0.4) is 0 Å². The van der Waals surface area contributed by atoms with Crippen LogP contribution in [-0.4, -0.2) is 55.1 Å². The number of fused-ring (bicyclic) bond motifs is 1. The first-order valence-electron chi connectivity index (χ1n) is 7.56. The largest absolute Gasteiger partial charge is 0.298 e. The van der Waals surface area contributed by atoms with Gasteiger partial charge in [0.05, 0.1) is 5.75 Å². The fraction of sp³-hybridized carbons (Fsp3) is 0.929. The number of sulfonamides is 1. The number of hydrogen-bond acceptors (Lipinski definition) is 3. The summed E-state index contributed by atoms with van der Waals surface area (Å²) in [5.74, 6) is 1.45. The lowest BCUT2D eigenvalue weighted by atomic mass is 10.2. The number of piperidine rings is 1. The van der Waals surface area contributed by atoms with E-state index in [9.17, 15) is 8.42 Å². The fourth-order valence-electron chi connectivity index (χ4n) is 3.67. The van der Waals surface area contributed by atoms with E-state index in [0.717, 1.165) is 26.1 Å². The Labute approximate surface area is 117 Å². The van der Waals surface area contributed by atoms with Gasteiger partial charge >= 0.3 is 0 Å². The Morgan fingerprint density at radius 1 is 1.11 bits per heavy atom. The Balaban J connectivity index is 1.46. The highest BCUT2D eigenvalue weighted by Crippen LogP contribution is 2.44. The van der Waals surface area contributed by atoms with Gasteiger partial charge in [0.15, 0.2) is 0 Å². The fourth-order valence-corrected chi connectivity index (χ4v) is 5.22. The van der Waals surface area contributed by atoms with E-state index < -0.39 is 10.0 Å². The lowest BCUT2D eigenvalue weighted by Crippen LogP contribution is -2.37. The van der Waals surface area contributed by atoms with Crippen LogP contribution in [0.25, 0.3) is 0 Å². The number of likely N-dealkylation sites (tertiary alicyclic amines) is 1. The molecule has 2 aliphatic heterocycles. The number of nitrogens with zero attached hydrogens (tertiary/aromatic N) is 2. The summed E-state index contributed by atoms with van der Waals surface area (Å²) in [6.07, 6.45) is 5.53. The smallest absolute Gasteiger partial charge is 0.214 e. The molecule has 3 rings (SSSR count). The highest BCUT2D eigenvalue weighted by atomic mass is 32.2. The van der Waals surface area contributed by atoms with Crippen LogP contribution in [0.5, 0.6) is 0 Å². The van der Waals surface area contributed by atoms with Crippen molar-refractivity contribution in [2.24, 2.45) is 11.8 Å². The van der Waals surface area contributed by atoms with E-state index in [2.05, 4.69) is 25.2 Å². The summed E-state index contributed by atoms with van der Waals surface area (Å²) in [6, 6.07) is 1.23. The number of hydrogen-bond donors (Lipinski definition) is 0. The second-order valence-corrected chi connectivity index (χ2v) is 8.61. The second-order valence-electron chi connectivity index (χ2n) is 6.52. The monoisotopic (exact) mass is 285 g/mol. The van der Waals surface area contributed by atoms with E-state index in [-0.39, 0.29) is 0 Å². The molecule has 19 heavy (non-hydrogen) atoms. The average molecular weight is 285 g/mol. The van der Waals surface area contributed by atoms with Crippen LogP contribution in [0, 0.1) is 18.3 Å². The lowest BCUT2D eigenvalue weighted by Gasteiger charge is -2.26. The molecule has 0 aromatic carbocycles. The van der Waals surface area contributed by atoms with Crippen LogP contribution in [0.1, 0.15) is 33.1 Å². The van der Waals surface area contributed by atoms with Crippen molar-refractivity contribution in [1.29, 1.82) is 0 Å². The molecule has 0 aromatic heterocycles. The van der Waals surface area contributed by atoms with Crippen LogP contribution in [0.4, 0.5) is 0 Å². The predicted octanol–water partition coefficient (Wildman–Crippen LogP) is 1.34. The van der Waals surface area contributed by atoms with E-state index in [1.165, 1.54) is 12.8 Å². The maximum absolute atomic E-state index is 12.2. The normalized spacial score (nSPS) is 39.7. The van der Waals surface area contributed by atoms with Crippen LogP contribution < -0.4 is 0 Å². The zero-order valence-corrected chi connectivity index (χ0v) is 12.8. The third kappa shape index (κ3) is 2.83. The molecule has 3 aliphatic rings. The van der Waals surface area contributed by atoms with Crippen LogP contribution >= 0.6 is 0 Å². The first-order valence-corrected chi connectivity index (χ1v) is 9.17. The average Bonchev–Trinajstić information content (AvgIpc) is 2.84. The van der Waals surface area contributed by atoms with Crippen LogP contribution in [0.15, 0.2) is 0 Å². The molecule has 4 nitrogen and oxygen atoms in total. The van der Waals surface area contributed by atoms with Gasteiger partial charge < -0.3 is 0 Å². The maximum atomic E-state index is 12.2. The highest BCUT2D eigenvalue weighted by molar-refractivity contribution is 7.89. The van der Waals surface area contributed by atoms with Gasteiger partial charge in [-0.15, -0.1) is 0 Å². The van der Waals surface area contributed by atoms with Gasteiger partial charge in [-0.05, 0) is 57.9 Å². The summed E-state index contributed by atoms with van der Waals surface area (Å²) >= 11 is 0. The minimum atomic E-state index is -3.00. The first kappa shape index (κ1) is 13.8. The van der Waals surface area contributed by atoms with Gasteiger partial charge in [0.25, 0.3) is 0 Å². The van der Waals surface area contributed by atoms with Crippen LogP contribution in [0.2, 0.25) is 0 Å². The summed E-state index contributed by atoms with van der Waals surface area (Å²) in [4.78, 5) is 2.46. The molecule has 5 heteroatoms. The topological polar surface area (TPSA) is 40.6 Å². The molecule has 109 valence electrons. The summed E-state index contributed by atoms with van der Waals surface area (Å²) in [6.45, 7) is 6.91. The molecule has 2 heterocycles. The Morgan fingerprint density at radius 2 is 1.68 bits per heavy atom. The van der Waals surface area contributed by atoms with Crippen molar-refractivity contribution in [2.45, 2.75) is 45.2 Å². The molecule has 1 saturated carbocycles. The van der Waals surface area contributed by atoms with E-state index >= 15 is 0 Å². The summed E-state index contributed by atoms with van der Waals surface area (Å²) in [5, 5.41) is 0. The highest BCUT2D eigenvalue weighted by Gasteiger charge is 2.48. The van der Waals surface area contributed by atoms with Gasteiger partial charge in [-0.25, -0.2) is 12.7 Å². The molecular weight excluding hydrogens is 260 g/mol. The zero-order chi connectivity index (χ0) is 13.6. The van der Waals surface area contributed by atoms with Gasteiger partial charge in [0.2, 0.25) is 10.0 Å². The maximum Gasteiger partial charge on any atom is 0.214 e. The number of rotatable bonds is 5. The summed E-state index contributed by atoms with van der Waals surface area (Å²) < 4.78 is 26.2.